The van der Waals surface area contributed by atoms with Crippen molar-refractivity contribution in [2.75, 3.05) is 6.54 Å². The molecule has 1 saturated carbocycles. The van der Waals surface area contributed by atoms with Crippen molar-refractivity contribution in [3.05, 3.63) is 29.8 Å². The van der Waals surface area contributed by atoms with Gasteiger partial charge in [0.1, 0.15) is 6.07 Å². The molecule has 2 rings (SSSR count). The zero-order valence-electron chi connectivity index (χ0n) is 11.2. The van der Waals surface area contributed by atoms with Crippen LogP contribution in [0.5, 0.6) is 0 Å². The molecular formula is C14H19N3O2S. The van der Waals surface area contributed by atoms with Gasteiger partial charge in [-0.2, -0.15) is 5.26 Å². The third-order valence-corrected chi connectivity index (χ3v) is 5.36. The molecule has 6 heteroatoms. The van der Waals surface area contributed by atoms with E-state index in [1.807, 2.05) is 6.07 Å². The molecule has 2 unspecified atom stereocenters. The predicted octanol–water partition coefficient (Wildman–Crippen LogP) is 1.35. The maximum Gasteiger partial charge on any atom is 0.242 e. The summed E-state index contributed by atoms with van der Waals surface area (Å²) in [5.74, 6) is 0.174. The first-order chi connectivity index (χ1) is 9.58. The first kappa shape index (κ1) is 15.0. The van der Waals surface area contributed by atoms with Crippen molar-refractivity contribution < 1.29 is 8.42 Å². The normalized spacial score (nSPS) is 23.2. The Bertz CT molecular complexity index is 607. The number of nitrogens with one attached hydrogen (secondary N) is 1. The van der Waals surface area contributed by atoms with Crippen LogP contribution in [-0.2, 0) is 10.0 Å². The fraction of sp³-hybridized carbons (Fsp3) is 0.500. The summed E-state index contributed by atoms with van der Waals surface area (Å²) in [7, 11) is -3.67. The van der Waals surface area contributed by atoms with Crippen molar-refractivity contribution in [2.24, 2.45) is 11.7 Å². The van der Waals surface area contributed by atoms with Crippen LogP contribution in [0.25, 0.3) is 0 Å². The van der Waals surface area contributed by atoms with Crippen LogP contribution >= 0.6 is 0 Å². The van der Waals surface area contributed by atoms with Gasteiger partial charge in [0.05, 0.1) is 10.5 Å². The molecule has 1 aliphatic carbocycles. The molecule has 0 spiro atoms. The minimum absolute atomic E-state index is 0.0452. The second-order valence-corrected chi connectivity index (χ2v) is 6.80. The summed E-state index contributed by atoms with van der Waals surface area (Å²) in [6, 6.07) is 8.03. The summed E-state index contributed by atoms with van der Waals surface area (Å²) >= 11 is 0. The molecule has 0 saturated heterocycles. The molecule has 0 aromatic heterocycles. The largest absolute Gasteiger partial charge is 0.330 e. The Morgan fingerprint density at radius 2 is 2.00 bits per heavy atom. The highest BCUT2D eigenvalue weighted by atomic mass is 32.2. The van der Waals surface area contributed by atoms with Gasteiger partial charge < -0.3 is 5.73 Å². The fourth-order valence-electron chi connectivity index (χ4n) is 2.70. The van der Waals surface area contributed by atoms with Crippen LogP contribution in [0.1, 0.15) is 31.2 Å². The topological polar surface area (TPSA) is 96.0 Å². The van der Waals surface area contributed by atoms with Crippen LogP contribution in [0.15, 0.2) is 29.2 Å². The molecule has 20 heavy (non-hydrogen) atoms. The van der Waals surface area contributed by atoms with Crippen LogP contribution in [-0.4, -0.2) is 21.0 Å². The molecule has 2 atom stereocenters. The maximum atomic E-state index is 12.4. The van der Waals surface area contributed by atoms with Gasteiger partial charge in [-0.05, 0) is 37.4 Å². The molecule has 0 radical (unpaired) electrons. The highest BCUT2D eigenvalue weighted by Gasteiger charge is 2.29. The number of nitrogens with zero attached hydrogens (tertiary/aromatic N) is 1. The van der Waals surface area contributed by atoms with Crippen molar-refractivity contribution in [3.63, 3.8) is 0 Å². The SMILES string of the molecule is N#Cc1ccccc1S(=O)(=O)NC1CCCCC1CN. The average Bonchev–Trinajstić information content (AvgIpc) is 2.47. The van der Waals surface area contributed by atoms with Crippen molar-refractivity contribution in [1.82, 2.24) is 4.72 Å². The average molecular weight is 293 g/mol. The third-order valence-electron chi connectivity index (χ3n) is 3.82. The van der Waals surface area contributed by atoms with Crippen LogP contribution in [0.3, 0.4) is 0 Å². The molecule has 0 bridgehead atoms. The van der Waals surface area contributed by atoms with Crippen molar-refractivity contribution in [3.8, 4) is 6.07 Å². The zero-order valence-corrected chi connectivity index (χ0v) is 12.1. The minimum Gasteiger partial charge on any atom is -0.330 e. The van der Waals surface area contributed by atoms with E-state index in [-0.39, 0.29) is 22.4 Å². The highest BCUT2D eigenvalue weighted by Crippen LogP contribution is 2.25. The molecule has 0 aliphatic heterocycles. The Morgan fingerprint density at radius 1 is 1.30 bits per heavy atom. The second-order valence-electron chi connectivity index (χ2n) is 5.12. The van der Waals surface area contributed by atoms with E-state index in [1.54, 1.807) is 12.1 Å². The van der Waals surface area contributed by atoms with Crippen molar-refractivity contribution in [2.45, 2.75) is 36.6 Å². The maximum absolute atomic E-state index is 12.4. The van der Waals surface area contributed by atoms with Gasteiger partial charge in [-0.1, -0.05) is 25.0 Å². The number of hydrogen-bond donors (Lipinski definition) is 2. The van der Waals surface area contributed by atoms with Gasteiger partial charge in [0, 0.05) is 6.04 Å². The molecule has 0 heterocycles. The number of hydrogen-bond acceptors (Lipinski definition) is 4. The third kappa shape index (κ3) is 3.18. The Hall–Kier alpha value is -1.42. The van der Waals surface area contributed by atoms with Crippen LogP contribution in [0, 0.1) is 17.2 Å². The number of nitrogens with two attached hydrogens (primary N) is 1. The summed E-state index contributed by atoms with van der Waals surface area (Å²) in [4.78, 5) is 0.0452. The Morgan fingerprint density at radius 3 is 2.70 bits per heavy atom. The number of benzene rings is 1. The van der Waals surface area contributed by atoms with E-state index < -0.39 is 10.0 Å². The summed E-state index contributed by atoms with van der Waals surface area (Å²) < 4.78 is 27.6. The molecule has 1 aliphatic rings. The van der Waals surface area contributed by atoms with E-state index >= 15 is 0 Å². The molecule has 1 fully saturated rings. The van der Waals surface area contributed by atoms with E-state index in [0.717, 1.165) is 25.7 Å². The number of sulfonamides is 1. The number of nitriles is 1. The van der Waals surface area contributed by atoms with Crippen LogP contribution < -0.4 is 10.5 Å². The Balaban J connectivity index is 2.25. The second kappa shape index (κ2) is 6.35. The van der Waals surface area contributed by atoms with E-state index in [4.69, 9.17) is 11.0 Å². The first-order valence-electron chi connectivity index (χ1n) is 6.80. The molecule has 1 aromatic carbocycles. The molecule has 0 amide bonds. The fourth-order valence-corrected chi connectivity index (χ4v) is 4.20. The van der Waals surface area contributed by atoms with Crippen molar-refractivity contribution >= 4 is 10.0 Å². The van der Waals surface area contributed by atoms with E-state index in [0.29, 0.717) is 6.54 Å². The number of rotatable bonds is 4. The van der Waals surface area contributed by atoms with Gasteiger partial charge in [0.2, 0.25) is 10.0 Å². The monoisotopic (exact) mass is 293 g/mol. The standard InChI is InChI=1S/C14H19N3O2S/c15-9-11-5-1-3-7-13(11)17-20(18,19)14-8-4-2-6-12(14)10-16/h2,4,6,8,11,13,17H,1,3,5,7,9,15H2. The molecular weight excluding hydrogens is 274 g/mol. The Labute approximate surface area is 119 Å². The van der Waals surface area contributed by atoms with Crippen LogP contribution in [0.2, 0.25) is 0 Å². The minimum atomic E-state index is -3.67. The first-order valence-corrected chi connectivity index (χ1v) is 8.28. The van der Waals surface area contributed by atoms with Crippen LogP contribution in [0.4, 0.5) is 0 Å². The molecule has 1 aromatic rings. The zero-order chi connectivity index (χ0) is 14.6. The van der Waals surface area contributed by atoms with Gasteiger partial charge in [-0.25, -0.2) is 13.1 Å². The lowest BCUT2D eigenvalue weighted by molar-refractivity contribution is 0.296. The summed E-state index contributed by atoms with van der Waals surface area (Å²) in [6.45, 7) is 0.479. The van der Waals surface area contributed by atoms with Crippen molar-refractivity contribution in [1.29, 1.82) is 5.26 Å². The van der Waals surface area contributed by atoms with E-state index in [1.165, 1.54) is 12.1 Å². The smallest absolute Gasteiger partial charge is 0.242 e. The quantitative estimate of drug-likeness (QED) is 0.876. The molecule has 5 nitrogen and oxygen atoms in total. The molecule has 108 valence electrons. The predicted molar refractivity (Wildman–Crippen MR) is 76.3 cm³/mol. The van der Waals surface area contributed by atoms with Gasteiger partial charge in [-0.3, -0.25) is 0 Å². The lowest BCUT2D eigenvalue weighted by Crippen LogP contribution is -2.44. The van der Waals surface area contributed by atoms with Gasteiger partial charge in [0.15, 0.2) is 0 Å². The summed E-state index contributed by atoms with van der Waals surface area (Å²) in [5, 5.41) is 9.02. The van der Waals surface area contributed by atoms with Gasteiger partial charge >= 0.3 is 0 Å². The highest BCUT2D eigenvalue weighted by molar-refractivity contribution is 7.89. The summed E-state index contributed by atoms with van der Waals surface area (Å²) in [5.41, 5.74) is 5.89. The lowest BCUT2D eigenvalue weighted by Gasteiger charge is -2.31. The van der Waals surface area contributed by atoms with E-state index in [2.05, 4.69) is 4.72 Å². The van der Waals surface area contributed by atoms with Gasteiger partial charge in [-0.15, -0.1) is 0 Å². The Kier molecular flexibility index (Phi) is 4.76. The van der Waals surface area contributed by atoms with Gasteiger partial charge in [0.25, 0.3) is 0 Å². The van der Waals surface area contributed by atoms with E-state index in [9.17, 15) is 8.42 Å². The summed E-state index contributed by atoms with van der Waals surface area (Å²) in [6.07, 6.45) is 3.85. The lowest BCUT2D eigenvalue weighted by atomic mass is 9.85. The molecule has 3 N–H and O–H groups in total.